The Hall–Kier alpha value is -3.52. The SMILES string of the molecule is CCn1cc(-c2ccc(C(=O)N3CC(n4ccc(N)n4)C3)c(Cl)c2)c2cc(C)[nH]c2c1=O. The summed E-state index contributed by atoms with van der Waals surface area (Å²) in [4.78, 5) is 30.5. The van der Waals surface area contributed by atoms with Crippen molar-refractivity contribution in [1.29, 1.82) is 0 Å². The van der Waals surface area contributed by atoms with Crippen LogP contribution in [0.5, 0.6) is 0 Å². The maximum absolute atomic E-state index is 13.0. The Morgan fingerprint density at radius 1 is 1.28 bits per heavy atom. The molecular weight excluding hydrogens is 428 g/mol. The van der Waals surface area contributed by atoms with Gasteiger partial charge >= 0.3 is 0 Å². The number of aromatic amines is 1. The number of amides is 1. The van der Waals surface area contributed by atoms with E-state index in [9.17, 15) is 9.59 Å². The lowest BCUT2D eigenvalue weighted by atomic mass is 10.0. The summed E-state index contributed by atoms with van der Waals surface area (Å²) in [5, 5.41) is 5.44. The molecule has 32 heavy (non-hydrogen) atoms. The molecule has 0 radical (unpaired) electrons. The molecule has 0 spiro atoms. The number of nitrogens with two attached hydrogens (primary N) is 1. The molecule has 1 amide bonds. The first-order chi connectivity index (χ1) is 15.4. The van der Waals surface area contributed by atoms with Gasteiger partial charge in [0.05, 0.1) is 16.6 Å². The number of pyridine rings is 1. The number of H-pyrrole nitrogens is 1. The van der Waals surface area contributed by atoms with E-state index in [0.29, 0.717) is 41.6 Å². The number of hydrogen-bond donors (Lipinski definition) is 2. The van der Waals surface area contributed by atoms with E-state index in [1.54, 1.807) is 32.3 Å². The molecule has 5 rings (SSSR count). The minimum Gasteiger partial charge on any atom is -0.382 e. The van der Waals surface area contributed by atoms with Crippen molar-refractivity contribution >= 4 is 34.2 Å². The smallest absolute Gasteiger partial charge is 0.274 e. The second-order valence-electron chi connectivity index (χ2n) is 8.15. The zero-order valence-corrected chi connectivity index (χ0v) is 18.6. The Labute approximate surface area is 189 Å². The van der Waals surface area contributed by atoms with Gasteiger partial charge in [-0.2, -0.15) is 5.10 Å². The summed E-state index contributed by atoms with van der Waals surface area (Å²) in [6.45, 7) is 5.53. The summed E-state index contributed by atoms with van der Waals surface area (Å²) in [6.07, 6.45) is 3.67. The number of nitrogens with zero attached hydrogens (tertiary/aromatic N) is 4. The van der Waals surface area contributed by atoms with Crippen LogP contribution in [-0.2, 0) is 6.54 Å². The lowest BCUT2D eigenvalue weighted by Gasteiger charge is -2.39. The summed E-state index contributed by atoms with van der Waals surface area (Å²) in [5.41, 5.74) is 9.31. The number of aromatic nitrogens is 4. The van der Waals surface area contributed by atoms with Gasteiger partial charge in [-0.25, -0.2) is 0 Å². The van der Waals surface area contributed by atoms with Gasteiger partial charge in [0, 0.05) is 48.7 Å². The fourth-order valence-electron chi connectivity index (χ4n) is 4.23. The third kappa shape index (κ3) is 3.27. The van der Waals surface area contributed by atoms with Crippen molar-refractivity contribution in [2.24, 2.45) is 0 Å². The fourth-order valence-corrected chi connectivity index (χ4v) is 4.50. The van der Waals surface area contributed by atoms with Crippen LogP contribution in [0.25, 0.3) is 22.0 Å². The van der Waals surface area contributed by atoms with Gasteiger partial charge in [-0.1, -0.05) is 17.7 Å². The van der Waals surface area contributed by atoms with Gasteiger partial charge in [-0.05, 0) is 43.7 Å². The Bertz CT molecular complexity index is 1410. The van der Waals surface area contributed by atoms with Crippen LogP contribution < -0.4 is 11.3 Å². The third-order valence-corrected chi connectivity index (χ3v) is 6.32. The molecule has 0 saturated carbocycles. The van der Waals surface area contributed by atoms with E-state index in [1.807, 2.05) is 38.4 Å². The molecule has 4 aromatic rings. The molecule has 164 valence electrons. The Balaban J connectivity index is 1.44. The van der Waals surface area contributed by atoms with Crippen molar-refractivity contribution in [3.05, 3.63) is 69.4 Å². The van der Waals surface area contributed by atoms with Gasteiger partial charge in [-0.15, -0.1) is 0 Å². The van der Waals surface area contributed by atoms with Gasteiger partial charge in [0.2, 0.25) is 0 Å². The first-order valence-corrected chi connectivity index (χ1v) is 10.9. The van der Waals surface area contributed by atoms with Gasteiger partial charge < -0.3 is 20.2 Å². The maximum atomic E-state index is 13.0. The van der Waals surface area contributed by atoms with Gasteiger partial charge in [0.1, 0.15) is 11.3 Å². The minimum absolute atomic E-state index is 0.0523. The zero-order chi connectivity index (χ0) is 22.6. The van der Waals surface area contributed by atoms with Crippen molar-refractivity contribution < 1.29 is 4.79 Å². The Morgan fingerprint density at radius 3 is 2.72 bits per heavy atom. The van der Waals surface area contributed by atoms with Crippen molar-refractivity contribution in [3.8, 4) is 11.1 Å². The topological polar surface area (TPSA) is 102 Å². The lowest BCUT2D eigenvalue weighted by Crippen LogP contribution is -2.50. The number of halogens is 1. The molecule has 1 aliphatic heterocycles. The van der Waals surface area contributed by atoms with Crippen LogP contribution in [0.1, 0.15) is 29.0 Å². The number of fused-ring (bicyclic) bond motifs is 1. The quantitative estimate of drug-likeness (QED) is 0.497. The van der Waals surface area contributed by atoms with Crippen molar-refractivity contribution in [3.63, 3.8) is 0 Å². The van der Waals surface area contributed by atoms with Crippen LogP contribution in [0, 0.1) is 6.92 Å². The highest BCUT2D eigenvalue weighted by Gasteiger charge is 2.33. The largest absolute Gasteiger partial charge is 0.382 e. The number of nitrogens with one attached hydrogen (secondary N) is 1. The third-order valence-electron chi connectivity index (χ3n) is 6.01. The monoisotopic (exact) mass is 450 g/mol. The molecule has 1 aromatic carbocycles. The van der Waals surface area contributed by atoms with E-state index in [0.717, 1.165) is 22.2 Å². The molecule has 0 bridgehead atoms. The van der Waals surface area contributed by atoms with Crippen LogP contribution in [0.3, 0.4) is 0 Å². The maximum Gasteiger partial charge on any atom is 0.274 e. The average molecular weight is 451 g/mol. The summed E-state index contributed by atoms with van der Waals surface area (Å²) >= 11 is 6.56. The van der Waals surface area contributed by atoms with E-state index < -0.39 is 0 Å². The Kier molecular flexibility index (Phi) is 4.82. The predicted octanol–water partition coefficient (Wildman–Crippen LogP) is 3.45. The van der Waals surface area contributed by atoms with Crippen LogP contribution >= 0.6 is 11.6 Å². The highest BCUT2D eigenvalue weighted by molar-refractivity contribution is 6.34. The number of aryl methyl sites for hydroxylation is 2. The van der Waals surface area contributed by atoms with E-state index in [-0.39, 0.29) is 17.5 Å². The minimum atomic E-state index is -0.112. The molecular formula is C23H23ClN6O2. The molecule has 8 nitrogen and oxygen atoms in total. The normalized spacial score (nSPS) is 14.2. The van der Waals surface area contributed by atoms with E-state index in [1.165, 1.54) is 0 Å². The van der Waals surface area contributed by atoms with Gasteiger partial charge in [-0.3, -0.25) is 14.3 Å². The summed E-state index contributed by atoms with van der Waals surface area (Å²) in [6, 6.07) is 9.25. The predicted molar refractivity (Wildman–Crippen MR) is 125 cm³/mol. The number of likely N-dealkylation sites (tertiary alicyclic amines) is 1. The van der Waals surface area contributed by atoms with Gasteiger partial charge in [0.15, 0.2) is 0 Å². The van der Waals surface area contributed by atoms with Crippen LogP contribution in [-0.4, -0.2) is 43.2 Å². The number of benzene rings is 1. The number of carbonyl (C=O) groups excluding carboxylic acids is 1. The fraction of sp³-hybridized carbons (Fsp3) is 0.261. The number of carbonyl (C=O) groups is 1. The van der Waals surface area contributed by atoms with E-state index in [2.05, 4.69) is 10.1 Å². The zero-order valence-electron chi connectivity index (χ0n) is 17.8. The van der Waals surface area contributed by atoms with E-state index >= 15 is 0 Å². The Morgan fingerprint density at radius 2 is 2.06 bits per heavy atom. The molecule has 3 N–H and O–H groups in total. The number of hydrogen-bond acceptors (Lipinski definition) is 4. The molecule has 0 unspecified atom stereocenters. The highest BCUT2D eigenvalue weighted by Crippen LogP contribution is 2.32. The summed E-state index contributed by atoms with van der Waals surface area (Å²) < 4.78 is 3.46. The standard InChI is InChI=1S/C23H23ClN6O2/c1-3-28-12-18(17-8-13(2)26-21(17)23(28)32)14-4-5-16(19(24)9-14)22(31)29-10-15(11-29)30-7-6-20(25)27-30/h4-9,12,15,26H,3,10-11H2,1-2H3,(H2,25,27). The van der Waals surface area contributed by atoms with Crippen LogP contribution in [0.4, 0.5) is 5.82 Å². The number of rotatable bonds is 4. The highest BCUT2D eigenvalue weighted by atomic mass is 35.5. The summed E-state index contributed by atoms with van der Waals surface area (Å²) in [7, 11) is 0. The first-order valence-electron chi connectivity index (χ1n) is 10.5. The summed E-state index contributed by atoms with van der Waals surface area (Å²) in [5.74, 6) is 0.355. The number of anilines is 1. The lowest BCUT2D eigenvalue weighted by molar-refractivity contribution is 0.0502. The molecule has 9 heteroatoms. The molecule has 3 aromatic heterocycles. The van der Waals surface area contributed by atoms with Crippen LogP contribution in [0.15, 0.2) is 47.5 Å². The molecule has 1 fully saturated rings. The molecule has 1 aliphatic rings. The molecule has 0 atom stereocenters. The molecule has 1 saturated heterocycles. The van der Waals surface area contributed by atoms with Crippen molar-refractivity contribution in [2.75, 3.05) is 18.8 Å². The molecule has 4 heterocycles. The molecule has 0 aliphatic carbocycles. The second-order valence-corrected chi connectivity index (χ2v) is 8.56. The van der Waals surface area contributed by atoms with Crippen LogP contribution in [0.2, 0.25) is 5.02 Å². The second kappa shape index (κ2) is 7.56. The van der Waals surface area contributed by atoms with Crippen molar-refractivity contribution in [2.45, 2.75) is 26.4 Å². The first kappa shape index (κ1) is 20.4. The van der Waals surface area contributed by atoms with E-state index in [4.69, 9.17) is 17.3 Å². The van der Waals surface area contributed by atoms with Gasteiger partial charge in [0.25, 0.3) is 11.5 Å². The average Bonchev–Trinajstić information content (AvgIpc) is 3.33. The van der Waals surface area contributed by atoms with Crippen molar-refractivity contribution in [1.82, 2.24) is 24.2 Å². The number of nitrogen functional groups attached to an aromatic ring is 1.